The second-order valence-corrected chi connectivity index (χ2v) is 6.16. The fourth-order valence-corrected chi connectivity index (χ4v) is 3.49. The van der Waals surface area contributed by atoms with E-state index < -0.39 is 5.60 Å². The highest BCUT2D eigenvalue weighted by atomic mass is 16.6. The fraction of sp³-hybridized carbons (Fsp3) is 0.286. The van der Waals surface area contributed by atoms with Crippen LogP contribution < -0.4 is 0 Å². The van der Waals surface area contributed by atoms with Crippen molar-refractivity contribution < 1.29 is 9.53 Å². The van der Waals surface area contributed by atoms with Crippen LogP contribution in [0.25, 0.3) is 0 Å². The third-order valence-electron chi connectivity index (χ3n) is 4.68. The Morgan fingerprint density at radius 1 is 1.04 bits per heavy atom. The van der Waals surface area contributed by atoms with E-state index in [0.29, 0.717) is 12.0 Å². The standard InChI is InChI=1S/C21H22O2/c1-4-21(23-20(22)15(2)3)18-11-7-5-9-16(18)13-14-17-10-6-8-12-19(17)21/h5-12H,2,4,13-14H2,1,3H3. The number of ether oxygens (including phenoxy) is 1. The van der Waals surface area contributed by atoms with Gasteiger partial charge in [-0.25, -0.2) is 4.79 Å². The van der Waals surface area contributed by atoms with Gasteiger partial charge in [0.1, 0.15) is 0 Å². The number of rotatable bonds is 3. The van der Waals surface area contributed by atoms with E-state index in [-0.39, 0.29) is 5.97 Å². The topological polar surface area (TPSA) is 26.3 Å². The van der Waals surface area contributed by atoms with E-state index in [0.717, 1.165) is 24.0 Å². The molecular weight excluding hydrogens is 284 g/mol. The van der Waals surface area contributed by atoms with Gasteiger partial charge < -0.3 is 4.74 Å². The molecule has 0 fully saturated rings. The number of hydrogen-bond donors (Lipinski definition) is 0. The SMILES string of the molecule is C=C(C)C(=O)OC1(CC)c2ccccc2CCc2ccccc21. The summed E-state index contributed by atoms with van der Waals surface area (Å²) < 4.78 is 6.08. The van der Waals surface area contributed by atoms with Crippen LogP contribution in [0.4, 0.5) is 0 Å². The summed E-state index contributed by atoms with van der Waals surface area (Å²) in [6, 6.07) is 16.6. The zero-order valence-corrected chi connectivity index (χ0v) is 13.8. The van der Waals surface area contributed by atoms with Crippen LogP contribution in [0.1, 0.15) is 42.5 Å². The molecule has 1 aliphatic rings. The van der Waals surface area contributed by atoms with Crippen LogP contribution >= 0.6 is 0 Å². The summed E-state index contributed by atoms with van der Waals surface area (Å²) in [7, 11) is 0. The van der Waals surface area contributed by atoms with Gasteiger partial charge in [-0.1, -0.05) is 62.0 Å². The van der Waals surface area contributed by atoms with Crippen LogP contribution in [0.5, 0.6) is 0 Å². The van der Waals surface area contributed by atoms with E-state index >= 15 is 0 Å². The largest absolute Gasteiger partial charge is 0.446 e. The molecule has 1 aliphatic carbocycles. The number of aryl methyl sites for hydroxylation is 2. The predicted molar refractivity (Wildman–Crippen MR) is 92.3 cm³/mol. The molecule has 2 aromatic rings. The first-order chi connectivity index (χ1) is 11.1. The van der Waals surface area contributed by atoms with E-state index in [1.165, 1.54) is 11.1 Å². The number of carbonyl (C=O) groups excluding carboxylic acids is 1. The smallest absolute Gasteiger partial charge is 0.334 e. The molecule has 0 bridgehead atoms. The molecular formula is C21H22O2. The van der Waals surface area contributed by atoms with Crippen molar-refractivity contribution in [1.82, 2.24) is 0 Å². The molecule has 0 saturated carbocycles. The van der Waals surface area contributed by atoms with Crippen molar-refractivity contribution in [2.75, 3.05) is 0 Å². The van der Waals surface area contributed by atoms with Crippen molar-refractivity contribution >= 4 is 5.97 Å². The van der Waals surface area contributed by atoms with E-state index in [9.17, 15) is 4.79 Å². The molecule has 0 N–H and O–H groups in total. The van der Waals surface area contributed by atoms with Crippen molar-refractivity contribution in [2.45, 2.75) is 38.7 Å². The van der Waals surface area contributed by atoms with Crippen LogP contribution in [0.2, 0.25) is 0 Å². The Morgan fingerprint density at radius 3 is 1.96 bits per heavy atom. The molecule has 0 atom stereocenters. The summed E-state index contributed by atoms with van der Waals surface area (Å²) in [6.07, 6.45) is 2.61. The molecule has 0 radical (unpaired) electrons. The first-order valence-corrected chi connectivity index (χ1v) is 8.14. The first-order valence-electron chi connectivity index (χ1n) is 8.14. The predicted octanol–water partition coefficient (Wildman–Crippen LogP) is 4.56. The zero-order valence-electron chi connectivity index (χ0n) is 13.8. The summed E-state index contributed by atoms with van der Waals surface area (Å²) in [5.41, 5.74) is 4.39. The molecule has 0 amide bonds. The van der Waals surface area contributed by atoms with E-state index in [1.807, 2.05) is 12.1 Å². The van der Waals surface area contributed by atoms with Gasteiger partial charge >= 0.3 is 5.97 Å². The molecule has 3 rings (SSSR count). The second kappa shape index (κ2) is 6.04. The van der Waals surface area contributed by atoms with Gasteiger partial charge in [0.15, 0.2) is 5.60 Å². The number of carbonyl (C=O) groups is 1. The average molecular weight is 306 g/mol. The molecule has 0 aromatic heterocycles. The number of benzene rings is 2. The maximum atomic E-state index is 12.4. The Morgan fingerprint density at radius 2 is 1.52 bits per heavy atom. The third kappa shape index (κ3) is 2.59. The third-order valence-corrected chi connectivity index (χ3v) is 4.68. The summed E-state index contributed by atoms with van der Waals surface area (Å²) in [6.45, 7) is 7.52. The molecule has 0 heterocycles. The van der Waals surface area contributed by atoms with Crippen molar-refractivity contribution in [2.24, 2.45) is 0 Å². The van der Waals surface area contributed by atoms with Crippen molar-refractivity contribution in [3.05, 3.63) is 82.9 Å². The monoisotopic (exact) mass is 306 g/mol. The Labute approximate surface area is 137 Å². The molecule has 2 heteroatoms. The number of esters is 1. The number of fused-ring (bicyclic) bond motifs is 2. The molecule has 0 spiro atoms. The van der Waals surface area contributed by atoms with Gasteiger partial charge in [0, 0.05) is 16.7 Å². The quantitative estimate of drug-likeness (QED) is 0.614. The lowest BCUT2D eigenvalue weighted by Gasteiger charge is -2.35. The Bertz CT molecular complexity index is 710. The normalized spacial score (nSPS) is 15.0. The zero-order chi connectivity index (χ0) is 16.4. The summed E-state index contributed by atoms with van der Waals surface area (Å²) in [5, 5.41) is 0. The van der Waals surface area contributed by atoms with Crippen molar-refractivity contribution in [3.8, 4) is 0 Å². The van der Waals surface area contributed by atoms with Gasteiger partial charge in [-0.2, -0.15) is 0 Å². The van der Waals surface area contributed by atoms with Crippen molar-refractivity contribution in [3.63, 3.8) is 0 Å². The van der Waals surface area contributed by atoms with Gasteiger partial charge in [-0.05, 0) is 37.3 Å². The second-order valence-electron chi connectivity index (χ2n) is 6.16. The highest BCUT2D eigenvalue weighted by Crippen LogP contribution is 2.43. The minimum atomic E-state index is -0.736. The van der Waals surface area contributed by atoms with E-state index in [4.69, 9.17) is 4.74 Å². The van der Waals surface area contributed by atoms with Crippen LogP contribution in [0, 0.1) is 0 Å². The van der Waals surface area contributed by atoms with Crippen LogP contribution in [-0.4, -0.2) is 5.97 Å². The maximum absolute atomic E-state index is 12.4. The summed E-state index contributed by atoms with van der Waals surface area (Å²) in [5.74, 6) is -0.335. The first kappa shape index (κ1) is 15.5. The highest BCUT2D eigenvalue weighted by molar-refractivity contribution is 5.87. The van der Waals surface area contributed by atoms with Gasteiger partial charge in [-0.15, -0.1) is 0 Å². The Hall–Kier alpha value is -2.35. The van der Waals surface area contributed by atoms with Gasteiger partial charge in [0.25, 0.3) is 0 Å². The van der Waals surface area contributed by atoms with Gasteiger partial charge in [-0.3, -0.25) is 0 Å². The van der Waals surface area contributed by atoms with Crippen LogP contribution in [0.3, 0.4) is 0 Å². The van der Waals surface area contributed by atoms with E-state index in [2.05, 4.69) is 49.9 Å². The molecule has 23 heavy (non-hydrogen) atoms. The summed E-state index contributed by atoms with van der Waals surface area (Å²) in [4.78, 5) is 12.4. The lowest BCUT2D eigenvalue weighted by molar-refractivity contribution is -0.152. The maximum Gasteiger partial charge on any atom is 0.334 e. The minimum Gasteiger partial charge on any atom is -0.446 e. The molecule has 118 valence electrons. The van der Waals surface area contributed by atoms with Crippen LogP contribution in [-0.2, 0) is 28.0 Å². The lowest BCUT2D eigenvalue weighted by atomic mass is 9.81. The number of hydrogen-bond acceptors (Lipinski definition) is 2. The van der Waals surface area contributed by atoms with Gasteiger partial charge in [0.05, 0.1) is 0 Å². The Kier molecular flexibility index (Phi) is 4.08. The van der Waals surface area contributed by atoms with Crippen LogP contribution in [0.15, 0.2) is 60.7 Å². The fourth-order valence-electron chi connectivity index (χ4n) is 3.49. The average Bonchev–Trinajstić information content (AvgIpc) is 2.71. The highest BCUT2D eigenvalue weighted by Gasteiger charge is 2.41. The molecule has 2 nitrogen and oxygen atoms in total. The summed E-state index contributed by atoms with van der Waals surface area (Å²) >= 11 is 0. The molecule has 0 saturated heterocycles. The lowest BCUT2D eigenvalue weighted by Crippen LogP contribution is -2.34. The Balaban J connectivity index is 2.26. The molecule has 0 unspecified atom stereocenters. The van der Waals surface area contributed by atoms with Crippen molar-refractivity contribution in [1.29, 1.82) is 0 Å². The molecule has 0 aliphatic heterocycles. The molecule has 2 aromatic carbocycles. The van der Waals surface area contributed by atoms with E-state index in [1.54, 1.807) is 6.92 Å². The minimum absolute atomic E-state index is 0.335. The van der Waals surface area contributed by atoms with Gasteiger partial charge in [0.2, 0.25) is 0 Å².